The molecule has 96 valence electrons. The Hall–Kier alpha value is -0.650. The Morgan fingerprint density at radius 2 is 2.12 bits per heavy atom. The first-order chi connectivity index (χ1) is 8.26. The number of hydrogen-bond donors (Lipinski definition) is 2. The Balaban J connectivity index is 2.37. The van der Waals surface area contributed by atoms with E-state index in [4.69, 9.17) is 5.11 Å². The Morgan fingerprint density at radius 1 is 1.41 bits per heavy atom. The molecule has 0 saturated heterocycles. The topological polar surface area (TPSA) is 58.0 Å². The molecule has 1 atom stereocenters. The van der Waals surface area contributed by atoms with Crippen LogP contribution in [0.1, 0.15) is 25.3 Å². The van der Waals surface area contributed by atoms with Gasteiger partial charge in [-0.3, -0.25) is 0 Å². The lowest BCUT2D eigenvalue weighted by Gasteiger charge is -2.16. The molecule has 1 heterocycles. The van der Waals surface area contributed by atoms with E-state index in [9.17, 15) is 0 Å². The third-order valence-electron chi connectivity index (χ3n) is 2.33. The second kappa shape index (κ2) is 8.44. The van der Waals surface area contributed by atoms with Gasteiger partial charge in [0.1, 0.15) is 0 Å². The Morgan fingerprint density at radius 3 is 2.71 bits per heavy atom. The number of aliphatic hydroxyl groups is 1. The van der Waals surface area contributed by atoms with Gasteiger partial charge >= 0.3 is 0 Å². The van der Waals surface area contributed by atoms with Crippen LogP contribution in [-0.4, -0.2) is 40.0 Å². The maximum absolute atomic E-state index is 8.99. The lowest BCUT2D eigenvalue weighted by atomic mass is 10.2. The average Bonchev–Trinajstić information content (AvgIpc) is 2.35. The molecule has 17 heavy (non-hydrogen) atoms. The molecule has 1 unspecified atom stereocenters. The van der Waals surface area contributed by atoms with Gasteiger partial charge < -0.3 is 10.4 Å². The van der Waals surface area contributed by atoms with E-state index in [1.54, 1.807) is 11.8 Å². The van der Waals surface area contributed by atoms with Crippen LogP contribution >= 0.6 is 11.8 Å². The summed E-state index contributed by atoms with van der Waals surface area (Å²) >= 11 is 1.63. The molecule has 1 rings (SSSR count). The van der Waals surface area contributed by atoms with Crippen LogP contribution in [0.3, 0.4) is 0 Å². The van der Waals surface area contributed by atoms with Crippen molar-refractivity contribution in [1.29, 1.82) is 0 Å². The van der Waals surface area contributed by atoms with Crippen molar-refractivity contribution in [2.24, 2.45) is 0 Å². The number of thioether (sulfide) groups is 1. The van der Waals surface area contributed by atoms with Crippen molar-refractivity contribution >= 4 is 11.8 Å². The minimum absolute atomic E-state index is 0.219. The predicted molar refractivity (Wildman–Crippen MR) is 71.3 cm³/mol. The molecule has 1 aromatic heterocycles. The number of aryl methyl sites for hydroxylation is 1. The smallest absolute Gasteiger partial charge is 0.187 e. The summed E-state index contributed by atoms with van der Waals surface area (Å²) in [6, 6.07) is 0.329. The molecule has 0 aromatic carbocycles. The molecule has 0 aliphatic rings. The monoisotopic (exact) mass is 255 g/mol. The van der Waals surface area contributed by atoms with Gasteiger partial charge in [0.15, 0.2) is 5.16 Å². The molecule has 0 saturated carbocycles. The van der Waals surface area contributed by atoms with Gasteiger partial charge in [0, 0.05) is 30.8 Å². The van der Waals surface area contributed by atoms with Crippen LogP contribution in [0, 0.1) is 6.92 Å². The van der Waals surface area contributed by atoms with Gasteiger partial charge in [-0.25, -0.2) is 9.97 Å². The van der Waals surface area contributed by atoms with Crippen LogP contribution in [0.25, 0.3) is 0 Å². The third kappa shape index (κ3) is 6.00. The molecular weight excluding hydrogens is 234 g/mol. The fourth-order valence-corrected chi connectivity index (χ4v) is 2.27. The second-order valence-electron chi connectivity index (χ2n) is 4.02. The number of hydrogen-bond acceptors (Lipinski definition) is 5. The summed E-state index contributed by atoms with van der Waals surface area (Å²) in [6.45, 7) is 5.32. The van der Waals surface area contributed by atoms with E-state index in [0.29, 0.717) is 6.04 Å². The van der Waals surface area contributed by atoms with Gasteiger partial charge in [-0.15, -0.1) is 0 Å². The van der Waals surface area contributed by atoms with Gasteiger partial charge in [0.05, 0.1) is 0 Å². The van der Waals surface area contributed by atoms with Crippen LogP contribution in [0.2, 0.25) is 0 Å². The van der Waals surface area contributed by atoms with Crippen molar-refractivity contribution < 1.29 is 5.11 Å². The van der Waals surface area contributed by atoms with E-state index in [1.165, 1.54) is 0 Å². The predicted octanol–water partition coefficient (Wildman–Crippen LogP) is 1.63. The van der Waals surface area contributed by atoms with Crippen LogP contribution in [-0.2, 0) is 0 Å². The van der Waals surface area contributed by atoms with E-state index < -0.39 is 0 Å². The van der Waals surface area contributed by atoms with E-state index in [-0.39, 0.29) is 6.61 Å². The Bertz CT molecular complexity index is 305. The van der Waals surface area contributed by atoms with Gasteiger partial charge in [0.25, 0.3) is 0 Å². The molecule has 0 fully saturated rings. The zero-order chi connectivity index (χ0) is 12.5. The first-order valence-corrected chi connectivity index (χ1v) is 7.00. The van der Waals surface area contributed by atoms with E-state index in [0.717, 1.165) is 35.9 Å². The second-order valence-corrected chi connectivity index (χ2v) is 5.00. The number of aromatic nitrogens is 2. The molecule has 0 bridgehead atoms. The summed E-state index contributed by atoms with van der Waals surface area (Å²) in [7, 11) is 0. The van der Waals surface area contributed by atoms with E-state index in [2.05, 4.69) is 22.2 Å². The first-order valence-electron chi connectivity index (χ1n) is 6.02. The molecule has 1 aromatic rings. The number of aliphatic hydroxyl groups excluding tert-OH is 1. The first kappa shape index (κ1) is 14.4. The summed E-state index contributed by atoms with van der Waals surface area (Å²) in [4.78, 5) is 8.50. The van der Waals surface area contributed by atoms with Crippen molar-refractivity contribution in [3.8, 4) is 0 Å². The Labute approximate surface area is 107 Å². The molecule has 0 aliphatic carbocycles. The lowest BCUT2D eigenvalue weighted by Crippen LogP contribution is -2.32. The van der Waals surface area contributed by atoms with Crippen molar-refractivity contribution in [3.05, 3.63) is 18.0 Å². The zero-order valence-corrected chi connectivity index (χ0v) is 11.3. The molecule has 5 heteroatoms. The van der Waals surface area contributed by atoms with E-state index in [1.807, 2.05) is 19.3 Å². The highest BCUT2D eigenvalue weighted by molar-refractivity contribution is 7.99. The van der Waals surface area contributed by atoms with Crippen LogP contribution in [0.5, 0.6) is 0 Å². The minimum atomic E-state index is 0.219. The lowest BCUT2D eigenvalue weighted by molar-refractivity contribution is 0.270. The molecular formula is C12H21N3OS. The molecule has 0 amide bonds. The summed E-state index contributed by atoms with van der Waals surface area (Å²) in [5, 5.41) is 13.2. The fraction of sp³-hybridized carbons (Fsp3) is 0.667. The normalized spacial score (nSPS) is 12.6. The number of nitrogens with one attached hydrogen (secondary N) is 1. The summed E-state index contributed by atoms with van der Waals surface area (Å²) in [6.07, 6.45) is 5.54. The molecule has 0 aliphatic heterocycles. The highest BCUT2D eigenvalue weighted by Crippen LogP contribution is 2.14. The van der Waals surface area contributed by atoms with Crippen LogP contribution < -0.4 is 5.32 Å². The summed E-state index contributed by atoms with van der Waals surface area (Å²) < 4.78 is 0. The van der Waals surface area contributed by atoms with Crippen molar-refractivity contribution in [3.63, 3.8) is 0 Å². The maximum Gasteiger partial charge on any atom is 0.187 e. The maximum atomic E-state index is 8.99. The number of nitrogens with zero attached hydrogens (tertiary/aromatic N) is 2. The van der Waals surface area contributed by atoms with Crippen molar-refractivity contribution in [2.75, 3.05) is 18.9 Å². The van der Waals surface area contributed by atoms with Gasteiger partial charge in [-0.05, 0) is 31.9 Å². The standard InChI is InChI=1S/C12H21N3OS/c1-3-5-13-11(4-6-16)9-17-12-14-7-10(2)8-15-12/h7-8,11,13,16H,3-6,9H2,1-2H3. The minimum Gasteiger partial charge on any atom is -0.396 e. The van der Waals surface area contributed by atoms with Crippen LogP contribution in [0.4, 0.5) is 0 Å². The Kier molecular flexibility index (Phi) is 7.16. The number of rotatable bonds is 8. The largest absolute Gasteiger partial charge is 0.396 e. The van der Waals surface area contributed by atoms with Gasteiger partial charge in [0.2, 0.25) is 0 Å². The quantitative estimate of drug-likeness (QED) is 0.546. The molecule has 0 radical (unpaired) electrons. The van der Waals surface area contributed by atoms with Gasteiger partial charge in [-0.2, -0.15) is 0 Å². The fourth-order valence-electron chi connectivity index (χ4n) is 1.38. The van der Waals surface area contributed by atoms with E-state index >= 15 is 0 Å². The zero-order valence-electron chi connectivity index (χ0n) is 10.5. The summed E-state index contributed by atoms with van der Waals surface area (Å²) in [5.74, 6) is 0.892. The molecule has 4 nitrogen and oxygen atoms in total. The SMILES string of the molecule is CCCNC(CCO)CSc1ncc(C)cn1. The average molecular weight is 255 g/mol. The van der Waals surface area contributed by atoms with Crippen LogP contribution in [0.15, 0.2) is 17.6 Å². The van der Waals surface area contributed by atoms with Crippen molar-refractivity contribution in [2.45, 2.75) is 37.9 Å². The third-order valence-corrected chi connectivity index (χ3v) is 3.37. The highest BCUT2D eigenvalue weighted by atomic mass is 32.2. The highest BCUT2D eigenvalue weighted by Gasteiger charge is 2.08. The van der Waals surface area contributed by atoms with Crippen molar-refractivity contribution in [1.82, 2.24) is 15.3 Å². The molecule has 0 spiro atoms. The van der Waals surface area contributed by atoms with Gasteiger partial charge in [-0.1, -0.05) is 18.7 Å². The summed E-state index contributed by atoms with van der Waals surface area (Å²) in [5.41, 5.74) is 1.07. The molecule has 2 N–H and O–H groups in total.